The van der Waals surface area contributed by atoms with Crippen LogP contribution in [0.4, 0.5) is 24.5 Å². The predicted octanol–water partition coefficient (Wildman–Crippen LogP) is 4.65. The highest BCUT2D eigenvalue weighted by Crippen LogP contribution is 2.37. The lowest BCUT2D eigenvalue weighted by molar-refractivity contribution is -0.137. The molecule has 4 nitrogen and oxygen atoms in total. The third-order valence-electron chi connectivity index (χ3n) is 5.13. The summed E-state index contributed by atoms with van der Waals surface area (Å²) in [7, 11) is 0. The SMILES string of the molecule is O=C(Nc1ccc2c(c1)CCCN2C(=O)C1CC1)c1ccccc1C(F)(F)F. The van der Waals surface area contributed by atoms with E-state index < -0.39 is 23.2 Å². The van der Waals surface area contributed by atoms with E-state index in [4.69, 9.17) is 0 Å². The van der Waals surface area contributed by atoms with Gasteiger partial charge in [-0.1, -0.05) is 12.1 Å². The van der Waals surface area contributed by atoms with Crippen LogP contribution >= 0.6 is 0 Å². The summed E-state index contributed by atoms with van der Waals surface area (Å²) in [6.45, 7) is 0.674. The Balaban J connectivity index is 1.57. The van der Waals surface area contributed by atoms with Crippen LogP contribution in [0.15, 0.2) is 42.5 Å². The van der Waals surface area contributed by atoms with Gasteiger partial charge in [-0.3, -0.25) is 9.59 Å². The summed E-state index contributed by atoms with van der Waals surface area (Å²) >= 11 is 0. The van der Waals surface area contributed by atoms with Crippen LogP contribution in [0.25, 0.3) is 0 Å². The normalized spacial score (nSPS) is 16.5. The number of anilines is 2. The van der Waals surface area contributed by atoms with Crippen LogP contribution in [0, 0.1) is 5.92 Å². The summed E-state index contributed by atoms with van der Waals surface area (Å²) < 4.78 is 39.4. The molecule has 1 aliphatic carbocycles. The first-order valence-corrected chi connectivity index (χ1v) is 9.26. The molecule has 2 aromatic rings. The number of nitrogens with one attached hydrogen (secondary N) is 1. The van der Waals surface area contributed by atoms with Gasteiger partial charge < -0.3 is 10.2 Å². The summed E-state index contributed by atoms with van der Waals surface area (Å²) in [6.07, 6.45) is -1.17. The molecule has 0 atom stereocenters. The minimum absolute atomic E-state index is 0.115. The van der Waals surface area contributed by atoms with Gasteiger partial charge in [0.2, 0.25) is 5.91 Å². The second-order valence-corrected chi connectivity index (χ2v) is 7.21. The van der Waals surface area contributed by atoms with Crippen molar-refractivity contribution in [3.63, 3.8) is 0 Å². The Bertz CT molecular complexity index is 935. The van der Waals surface area contributed by atoms with Crippen molar-refractivity contribution in [1.29, 1.82) is 0 Å². The molecule has 146 valence electrons. The number of nitrogens with zero attached hydrogens (tertiary/aromatic N) is 1. The lowest BCUT2D eigenvalue weighted by atomic mass is 10.00. The van der Waals surface area contributed by atoms with Crippen molar-refractivity contribution in [1.82, 2.24) is 0 Å². The average molecular weight is 388 g/mol. The van der Waals surface area contributed by atoms with Crippen molar-refractivity contribution in [3.8, 4) is 0 Å². The van der Waals surface area contributed by atoms with Crippen molar-refractivity contribution in [2.45, 2.75) is 31.9 Å². The fraction of sp³-hybridized carbons (Fsp3) is 0.333. The van der Waals surface area contributed by atoms with Gasteiger partial charge in [-0.15, -0.1) is 0 Å². The Hall–Kier alpha value is -2.83. The number of aryl methyl sites for hydroxylation is 1. The fourth-order valence-corrected chi connectivity index (χ4v) is 3.58. The third-order valence-corrected chi connectivity index (χ3v) is 5.13. The monoisotopic (exact) mass is 388 g/mol. The molecule has 0 aromatic heterocycles. The molecule has 0 radical (unpaired) electrons. The molecule has 1 aliphatic heterocycles. The van der Waals surface area contributed by atoms with Crippen LogP contribution in [0.1, 0.15) is 40.7 Å². The summed E-state index contributed by atoms with van der Waals surface area (Å²) in [4.78, 5) is 26.7. The number of hydrogen-bond acceptors (Lipinski definition) is 2. The van der Waals surface area contributed by atoms with Gasteiger partial charge in [0.05, 0.1) is 11.1 Å². The molecule has 4 rings (SSSR count). The molecule has 1 saturated carbocycles. The van der Waals surface area contributed by atoms with E-state index in [1.54, 1.807) is 23.1 Å². The minimum atomic E-state index is -4.60. The van der Waals surface area contributed by atoms with E-state index in [1.165, 1.54) is 12.1 Å². The zero-order valence-electron chi connectivity index (χ0n) is 15.1. The standard InChI is InChI=1S/C21H19F3N2O2/c22-21(23,24)17-6-2-1-5-16(17)19(27)25-15-9-10-18-14(12-15)4-3-11-26(18)20(28)13-7-8-13/h1-2,5-6,9-10,12-13H,3-4,7-8,11H2,(H,25,27). The summed E-state index contributed by atoms with van der Waals surface area (Å²) in [5, 5.41) is 2.56. The Labute approximate surface area is 160 Å². The maximum Gasteiger partial charge on any atom is 0.417 e. The number of carbonyl (C=O) groups excluding carboxylic acids is 2. The molecule has 2 aromatic carbocycles. The number of benzene rings is 2. The highest BCUT2D eigenvalue weighted by atomic mass is 19.4. The van der Waals surface area contributed by atoms with E-state index >= 15 is 0 Å². The molecule has 2 aliphatic rings. The van der Waals surface area contributed by atoms with E-state index in [2.05, 4.69) is 5.32 Å². The van der Waals surface area contributed by atoms with Gasteiger partial charge in [0.15, 0.2) is 0 Å². The third kappa shape index (κ3) is 3.61. The van der Waals surface area contributed by atoms with E-state index in [0.29, 0.717) is 12.2 Å². The molecular formula is C21H19F3N2O2. The molecule has 2 amide bonds. The molecule has 0 spiro atoms. The van der Waals surface area contributed by atoms with Crippen LogP contribution in [-0.4, -0.2) is 18.4 Å². The number of amides is 2. The second kappa shape index (κ2) is 6.96. The number of hydrogen-bond donors (Lipinski definition) is 1. The van der Waals surface area contributed by atoms with E-state index in [-0.39, 0.29) is 11.8 Å². The predicted molar refractivity (Wildman–Crippen MR) is 99.2 cm³/mol. The fourth-order valence-electron chi connectivity index (χ4n) is 3.58. The molecule has 7 heteroatoms. The number of rotatable bonds is 3. The first kappa shape index (κ1) is 18.5. The molecular weight excluding hydrogens is 369 g/mol. The van der Waals surface area contributed by atoms with E-state index in [9.17, 15) is 22.8 Å². The summed E-state index contributed by atoms with van der Waals surface area (Å²) in [5.74, 6) is -0.560. The van der Waals surface area contributed by atoms with Gasteiger partial charge in [0, 0.05) is 23.8 Å². The van der Waals surface area contributed by atoms with Gasteiger partial charge in [-0.25, -0.2) is 0 Å². The van der Waals surface area contributed by atoms with Gasteiger partial charge in [0.25, 0.3) is 5.91 Å². The smallest absolute Gasteiger partial charge is 0.322 e. The molecule has 1 fully saturated rings. The molecule has 28 heavy (non-hydrogen) atoms. The summed E-state index contributed by atoms with van der Waals surface area (Å²) in [6, 6.07) is 9.85. The van der Waals surface area contributed by atoms with E-state index in [1.807, 2.05) is 0 Å². The molecule has 0 unspecified atom stereocenters. The minimum Gasteiger partial charge on any atom is -0.322 e. The Morgan fingerprint density at radius 3 is 2.54 bits per heavy atom. The zero-order valence-corrected chi connectivity index (χ0v) is 15.1. The van der Waals surface area contributed by atoms with Crippen LogP contribution in [0.2, 0.25) is 0 Å². The highest BCUT2D eigenvalue weighted by molar-refractivity contribution is 6.06. The van der Waals surface area contributed by atoms with Gasteiger partial charge in [-0.05, 0) is 61.6 Å². The Morgan fingerprint density at radius 2 is 1.82 bits per heavy atom. The van der Waals surface area contributed by atoms with Gasteiger partial charge in [-0.2, -0.15) is 13.2 Å². The lowest BCUT2D eigenvalue weighted by Crippen LogP contribution is -2.36. The lowest BCUT2D eigenvalue weighted by Gasteiger charge is -2.30. The molecule has 0 bridgehead atoms. The van der Waals surface area contributed by atoms with Crippen molar-refractivity contribution < 1.29 is 22.8 Å². The van der Waals surface area contributed by atoms with Crippen molar-refractivity contribution in [3.05, 3.63) is 59.2 Å². The Kier molecular flexibility index (Phi) is 4.61. The summed E-state index contributed by atoms with van der Waals surface area (Å²) in [5.41, 5.74) is 0.783. The first-order chi connectivity index (χ1) is 13.3. The average Bonchev–Trinajstić information content (AvgIpc) is 3.51. The molecule has 0 saturated heterocycles. The highest BCUT2D eigenvalue weighted by Gasteiger charge is 2.36. The second-order valence-electron chi connectivity index (χ2n) is 7.21. The van der Waals surface area contributed by atoms with Crippen molar-refractivity contribution >= 4 is 23.2 Å². The van der Waals surface area contributed by atoms with Crippen molar-refractivity contribution in [2.24, 2.45) is 5.92 Å². The van der Waals surface area contributed by atoms with Gasteiger partial charge >= 0.3 is 6.18 Å². The van der Waals surface area contributed by atoms with Crippen LogP contribution in [-0.2, 0) is 17.4 Å². The van der Waals surface area contributed by atoms with Gasteiger partial charge in [0.1, 0.15) is 0 Å². The maximum absolute atomic E-state index is 13.1. The van der Waals surface area contributed by atoms with Crippen LogP contribution in [0.3, 0.4) is 0 Å². The number of carbonyl (C=O) groups is 2. The number of fused-ring (bicyclic) bond motifs is 1. The maximum atomic E-state index is 13.1. The molecule has 1 heterocycles. The topological polar surface area (TPSA) is 49.4 Å². The largest absolute Gasteiger partial charge is 0.417 e. The Morgan fingerprint density at radius 1 is 1.07 bits per heavy atom. The zero-order chi connectivity index (χ0) is 19.9. The van der Waals surface area contributed by atoms with Crippen LogP contribution < -0.4 is 10.2 Å². The molecule has 1 N–H and O–H groups in total. The van der Waals surface area contributed by atoms with Crippen molar-refractivity contribution in [2.75, 3.05) is 16.8 Å². The quantitative estimate of drug-likeness (QED) is 0.832. The van der Waals surface area contributed by atoms with E-state index in [0.717, 1.165) is 49.1 Å². The first-order valence-electron chi connectivity index (χ1n) is 9.26. The number of halogens is 3. The number of alkyl halides is 3. The van der Waals surface area contributed by atoms with Crippen LogP contribution in [0.5, 0.6) is 0 Å².